The number of anilines is 1. The van der Waals surface area contributed by atoms with E-state index in [1.165, 1.54) is 31.0 Å². The summed E-state index contributed by atoms with van der Waals surface area (Å²) in [7, 11) is -2.56. The van der Waals surface area contributed by atoms with Gasteiger partial charge in [0, 0.05) is 69.3 Å². The maximum atomic E-state index is 13.7. The molecule has 3 aliphatic heterocycles. The summed E-state index contributed by atoms with van der Waals surface area (Å²) in [5.74, 6) is -0.0363. The number of sulfonamides is 1. The van der Waals surface area contributed by atoms with Crippen molar-refractivity contribution in [2.45, 2.75) is 68.0 Å². The molecule has 1 N–H and O–H groups in total. The highest BCUT2D eigenvalue weighted by atomic mass is 35.5. The van der Waals surface area contributed by atoms with Crippen molar-refractivity contribution < 1.29 is 37.0 Å². The summed E-state index contributed by atoms with van der Waals surface area (Å²) in [4.78, 5) is 33.3. The predicted octanol–water partition coefficient (Wildman–Crippen LogP) is 4.78. The van der Waals surface area contributed by atoms with Crippen molar-refractivity contribution in [1.82, 2.24) is 14.5 Å². The van der Waals surface area contributed by atoms with Crippen molar-refractivity contribution in [3.05, 3.63) is 64.7 Å². The van der Waals surface area contributed by atoms with E-state index in [2.05, 4.69) is 26.7 Å². The number of amides is 2. The van der Waals surface area contributed by atoms with Crippen LogP contribution in [0.2, 0.25) is 5.02 Å². The van der Waals surface area contributed by atoms with Crippen molar-refractivity contribution in [2.24, 2.45) is 11.8 Å². The third-order valence-electron chi connectivity index (χ3n) is 11.8. The Hall–Kier alpha value is -3.36. The van der Waals surface area contributed by atoms with Gasteiger partial charge in [0.15, 0.2) is 0 Å². The molecule has 3 heterocycles. The Labute approximate surface area is 317 Å². The van der Waals surface area contributed by atoms with Gasteiger partial charge in [0.2, 0.25) is 0 Å². The third-order valence-corrected chi connectivity index (χ3v) is 13.4. The van der Waals surface area contributed by atoms with Crippen LogP contribution in [0.25, 0.3) is 0 Å². The summed E-state index contributed by atoms with van der Waals surface area (Å²) in [5.41, 5.74) is 1.25. The fourth-order valence-electron chi connectivity index (χ4n) is 8.45. The molecule has 4 atom stereocenters. The number of hydrogen-bond donors (Lipinski definition) is 1. The van der Waals surface area contributed by atoms with Crippen molar-refractivity contribution in [1.29, 1.82) is 0 Å². The molecule has 2 fully saturated rings. The van der Waals surface area contributed by atoms with E-state index in [0.29, 0.717) is 55.9 Å². The third kappa shape index (κ3) is 8.05. The Balaban J connectivity index is 1.22. The van der Waals surface area contributed by atoms with Gasteiger partial charge >= 0.3 is 6.09 Å². The van der Waals surface area contributed by atoms with Gasteiger partial charge in [0.05, 0.1) is 30.4 Å². The molecule has 2 aromatic rings. The van der Waals surface area contributed by atoms with Gasteiger partial charge < -0.3 is 28.7 Å². The lowest BCUT2D eigenvalue weighted by atomic mass is 9.68. The molecule has 1 saturated carbocycles. The Morgan fingerprint density at radius 3 is 2.66 bits per heavy atom. The van der Waals surface area contributed by atoms with E-state index in [0.717, 1.165) is 51.7 Å². The number of nitrogens with one attached hydrogen (secondary N) is 1. The van der Waals surface area contributed by atoms with Crippen LogP contribution in [-0.4, -0.2) is 115 Å². The number of fused-ring (bicyclic) bond motifs is 4. The summed E-state index contributed by atoms with van der Waals surface area (Å²) < 4.78 is 53.7. The Kier molecular flexibility index (Phi) is 11.0. The molecule has 5 aliphatic rings. The van der Waals surface area contributed by atoms with E-state index in [1.54, 1.807) is 30.2 Å². The molecule has 53 heavy (non-hydrogen) atoms. The highest BCUT2D eigenvalue weighted by molar-refractivity contribution is 7.90. The summed E-state index contributed by atoms with van der Waals surface area (Å²) >= 11 is 6.46. The number of carbonyl (C=O) groups excluding carboxylic acids is 2. The van der Waals surface area contributed by atoms with Gasteiger partial charge in [-0.15, -0.1) is 0 Å². The summed E-state index contributed by atoms with van der Waals surface area (Å²) in [6.45, 7) is 8.83. The van der Waals surface area contributed by atoms with Crippen LogP contribution in [0, 0.1) is 11.8 Å². The van der Waals surface area contributed by atoms with Crippen LogP contribution in [0.15, 0.2) is 53.4 Å². The highest BCUT2D eigenvalue weighted by Crippen LogP contribution is 2.47. The zero-order valence-electron chi connectivity index (χ0n) is 30.9. The number of piperazine rings is 1. The molecule has 288 valence electrons. The smallest absolute Gasteiger partial charge is 0.410 e. The fraction of sp³-hybridized carbons (Fsp3) is 0.590. The van der Waals surface area contributed by atoms with E-state index in [9.17, 15) is 18.0 Å². The second-order valence-corrected chi connectivity index (χ2v) is 17.7. The molecule has 1 saturated heterocycles. The van der Waals surface area contributed by atoms with Gasteiger partial charge in [-0.2, -0.15) is 0 Å². The lowest BCUT2D eigenvalue weighted by Crippen LogP contribution is -2.52. The molecule has 0 aromatic heterocycles. The molecular formula is C39H51ClN4O8S. The minimum atomic E-state index is -4.25. The average molecular weight is 771 g/mol. The zero-order chi connectivity index (χ0) is 37.4. The second kappa shape index (κ2) is 15.4. The van der Waals surface area contributed by atoms with E-state index in [-0.39, 0.29) is 34.8 Å². The van der Waals surface area contributed by atoms with Crippen LogP contribution in [0.4, 0.5) is 10.5 Å². The van der Waals surface area contributed by atoms with Crippen LogP contribution in [-0.2, 0) is 40.9 Å². The van der Waals surface area contributed by atoms with Crippen LogP contribution in [0.5, 0.6) is 5.75 Å². The van der Waals surface area contributed by atoms with E-state index in [4.69, 9.17) is 30.5 Å². The molecule has 2 bridgehead atoms. The normalized spacial score (nSPS) is 29.1. The highest BCUT2D eigenvalue weighted by Gasteiger charge is 2.45. The Bertz CT molecular complexity index is 1830. The van der Waals surface area contributed by atoms with Crippen LogP contribution < -0.4 is 14.4 Å². The second-order valence-electron chi connectivity index (χ2n) is 15.6. The van der Waals surface area contributed by atoms with Crippen molar-refractivity contribution >= 4 is 39.3 Å². The number of rotatable bonds is 4. The summed E-state index contributed by atoms with van der Waals surface area (Å²) in [6.07, 6.45) is 7.38. The molecule has 7 rings (SSSR count). The van der Waals surface area contributed by atoms with Gasteiger partial charge in [0.1, 0.15) is 17.5 Å². The first-order valence-electron chi connectivity index (χ1n) is 18.7. The van der Waals surface area contributed by atoms with Gasteiger partial charge in [-0.25, -0.2) is 17.9 Å². The first-order chi connectivity index (χ1) is 25.4. The number of nitrogens with zero attached hydrogens (tertiary/aromatic N) is 3. The van der Waals surface area contributed by atoms with Gasteiger partial charge in [-0.3, -0.25) is 9.69 Å². The molecule has 0 unspecified atom stereocenters. The fourth-order valence-corrected chi connectivity index (χ4v) is 9.76. The SMILES string of the molecule is COCCN1CCN(C(=O)O[C@H]2/C=C\COC(C)(C)C(=O)NS(=O)(=O)c3ccc4c(c3)N(C[C@@H]3CC[C@H]32)C[C@@]2(CCCc3cc(Cl)ccc32)CO4)CC1. The summed E-state index contributed by atoms with van der Waals surface area (Å²) in [6, 6.07) is 10.9. The monoisotopic (exact) mass is 770 g/mol. The number of halogens is 1. The number of carbonyl (C=O) groups is 2. The number of ether oxygens (including phenoxy) is 4. The van der Waals surface area contributed by atoms with Crippen LogP contribution in [0.1, 0.15) is 50.7 Å². The van der Waals surface area contributed by atoms with Crippen LogP contribution in [0.3, 0.4) is 0 Å². The number of benzene rings is 2. The minimum Gasteiger partial charge on any atom is -0.490 e. The lowest BCUT2D eigenvalue weighted by molar-refractivity contribution is -0.139. The topological polar surface area (TPSA) is 127 Å². The van der Waals surface area contributed by atoms with Crippen molar-refractivity contribution in [3.8, 4) is 5.75 Å². The minimum absolute atomic E-state index is 0.0235. The number of hydrogen-bond acceptors (Lipinski definition) is 10. The molecule has 14 heteroatoms. The first kappa shape index (κ1) is 37.9. The lowest BCUT2D eigenvalue weighted by Gasteiger charge is -2.46. The van der Waals surface area contributed by atoms with Crippen molar-refractivity contribution in [3.63, 3.8) is 0 Å². The average Bonchev–Trinajstić information content (AvgIpc) is 3.27. The van der Waals surface area contributed by atoms with Gasteiger partial charge in [-0.1, -0.05) is 23.7 Å². The molecule has 0 radical (unpaired) electrons. The van der Waals surface area contributed by atoms with E-state index < -0.39 is 27.6 Å². The standard InChI is InChI=1S/C39H51ClN4O8S/c1-38(2)36(45)41-53(47,48)30-10-13-35-33(23-30)44(25-39(26-50-35)14-4-6-27-22-29(40)9-12-32(27)39)24-28-8-11-31(28)34(7-5-20-51-38)52-37(46)43-17-15-42(16-18-43)19-21-49-3/h5,7,9-10,12-13,22-23,28,31,34H,4,6,8,11,14-21,24-26H2,1-3H3,(H,41,45)/b7-5-/t28-,31+,34-,39-/m0/s1. The molecular weight excluding hydrogens is 720 g/mol. The molecule has 1 spiro atoms. The maximum Gasteiger partial charge on any atom is 0.410 e. The van der Waals surface area contributed by atoms with Gasteiger partial charge in [-0.05, 0) is 99.4 Å². The number of methoxy groups -OCH3 is 1. The van der Waals surface area contributed by atoms with Gasteiger partial charge in [0.25, 0.3) is 15.9 Å². The predicted molar refractivity (Wildman–Crippen MR) is 201 cm³/mol. The maximum absolute atomic E-state index is 13.7. The molecule has 2 aromatic carbocycles. The largest absolute Gasteiger partial charge is 0.490 e. The van der Waals surface area contributed by atoms with E-state index >= 15 is 0 Å². The zero-order valence-corrected chi connectivity index (χ0v) is 32.4. The molecule has 12 nitrogen and oxygen atoms in total. The van der Waals surface area contributed by atoms with Crippen molar-refractivity contribution in [2.75, 3.05) is 77.6 Å². The quantitative estimate of drug-likeness (QED) is 0.435. The molecule has 2 aliphatic carbocycles. The Morgan fingerprint density at radius 1 is 1.09 bits per heavy atom. The summed E-state index contributed by atoms with van der Waals surface area (Å²) in [5, 5.41) is 0.702. The van der Waals surface area contributed by atoms with Crippen LogP contribution >= 0.6 is 11.6 Å². The number of aryl methyl sites for hydroxylation is 1. The molecule has 2 amide bonds. The van der Waals surface area contributed by atoms with E-state index in [1.807, 2.05) is 12.1 Å². The Morgan fingerprint density at radius 2 is 1.91 bits per heavy atom. The first-order valence-corrected chi connectivity index (χ1v) is 20.6.